The number of pyridine rings is 1. The Morgan fingerprint density at radius 2 is 2.15 bits per heavy atom. The highest BCUT2D eigenvalue weighted by atomic mass is 16.5. The normalized spacial score (nSPS) is 21.2. The molecule has 2 aliphatic heterocycles. The molecule has 1 amide bonds. The van der Waals surface area contributed by atoms with Crippen molar-refractivity contribution in [1.82, 2.24) is 25.3 Å². The van der Waals surface area contributed by atoms with Gasteiger partial charge in [0, 0.05) is 31.6 Å². The summed E-state index contributed by atoms with van der Waals surface area (Å²) in [6.45, 7) is 3.70. The van der Waals surface area contributed by atoms with Gasteiger partial charge < -0.3 is 14.7 Å². The quantitative estimate of drug-likeness (QED) is 0.885. The van der Waals surface area contributed by atoms with E-state index in [1.165, 1.54) is 6.42 Å². The first-order valence-electron chi connectivity index (χ1n) is 9.53. The highest BCUT2D eigenvalue weighted by Gasteiger charge is 2.28. The topological polar surface area (TPSA) is 84.2 Å². The van der Waals surface area contributed by atoms with Gasteiger partial charge in [0.05, 0.1) is 0 Å². The van der Waals surface area contributed by atoms with E-state index in [0.29, 0.717) is 24.1 Å². The summed E-state index contributed by atoms with van der Waals surface area (Å²) in [5.74, 6) is 2.37. The Labute approximate surface area is 153 Å². The van der Waals surface area contributed by atoms with E-state index in [0.717, 1.165) is 51.1 Å². The van der Waals surface area contributed by atoms with Crippen molar-refractivity contribution in [2.24, 2.45) is 5.92 Å². The molecule has 2 aromatic rings. The number of carbonyl (C=O) groups is 1. The molecule has 4 heterocycles. The van der Waals surface area contributed by atoms with E-state index in [1.54, 1.807) is 6.20 Å². The van der Waals surface area contributed by atoms with Crippen LogP contribution in [0.4, 0.5) is 0 Å². The van der Waals surface area contributed by atoms with Gasteiger partial charge in [0.2, 0.25) is 17.6 Å². The lowest BCUT2D eigenvalue weighted by atomic mass is 9.96. The van der Waals surface area contributed by atoms with Crippen LogP contribution < -0.4 is 5.32 Å². The van der Waals surface area contributed by atoms with Gasteiger partial charge in [0.1, 0.15) is 5.69 Å². The second-order valence-electron chi connectivity index (χ2n) is 7.22. The van der Waals surface area contributed by atoms with Crippen LogP contribution in [-0.2, 0) is 4.79 Å². The minimum absolute atomic E-state index is 0.225. The smallest absolute Gasteiger partial charge is 0.230 e. The van der Waals surface area contributed by atoms with Crippen molar-refractivity contribution in [3.8, 4) is 11.5 Å². The van der Waals surface area contributed by atoms with Crippen molar-refractivity contribution in [3.05, 3.63) is 30.3 Å². The van der Waals surface area contributed by atoms with Gasteiger partial charge in [-0.05, 0) is 56.8 Å². The zero-order valence-corrected chi connectivity index (χ0v) is 14.9. The molecule has 2 aliphatic rings. The van der Waals surface area contributed by atoms with Crippen LogP contribution in [0.15, 0.2) is 28.9 Å². The molecule has 7 heteroatoms. The molecule has 1 atom stereocenters. The molecular formula is C19H25N5O2. The van der Waals surface area contributed by atoms with E-state index >= 15 is 0 Å². The number of amides is 1. The van der Waals surface area contributed by atoms with Crippen LogP contribution in [0.5, 0.6) is 0 Å². The molecule has 1 N–H and O–H groups in total. The second-order valence-corrected chi connectivity index (χ2v) is 7.22. The van der Waals surface area contributed by atoms with Crippen molar-refractivity contribution in [2.75, 3.05) is 26.2 Å². The zero-order chi connectivity index (χ0) is 17.8. The van der Waals surface area contributed by atoms with Gasteiger partial charge in [0.15, 0.2) is 0 Å². The monoisotopic (exact) mass is 355 g/mol. The van der Waals surface area contributed by atoms with Crippen molar-refractivity contribution in [1.29, 1.82) is 0 Å². The lowest BCUT2D eigenvalue weighted by Crippen LogP contribution is -2.38. The average molecular weight is 355 g/mol. The summed E-state index contributed by atoms with van der Waals surface area (Å²) in [7, 11) is 0. The highest BCUT2D eigenvalue weighted by Crippen LogP contribution is 2.28. The predicted octanol–water partition coefficient (Wildman–Crippen LogP) is 2.23. The minimum atomic E-state index is 0.225. The third-order valence-electron chi connectivity index (χ3n) is 5.46. The number of nitrogens with zero attached hydrogens (tertiary/aromatic N) is 4. The van der Waals surface area contributed by atoms with E-state index in [4.69, 9.17) is 4.52 Å². The molecule has 0 aromatic carbocycles. The predicted molar refractivity (Wildman–Crippen MR) is 96.3 cm³/mol. The van der Waals surface area contributed by atoms with E-state index in [-0.39, 0.29) is 11.8 Å². The number of rotatable bonds is 5. The van der Waals surface area contributed by atoms with Gasteiger partial charge in [-0.2, -0.15) is 4.98 Å². The summed E-state index contributed by atoms with van der Waals surface area (Å²) >= 11 is 0. The Morgan fingerprint density at radius 1 is 1.27 bits per heavy atom. The van der Waals surface area contributed by atoms with Gasteiger partial charge in [-0.1, -0.05) is 11.2 Å². The van der Waals surface area contributed by atoms with Crippen LogP contribution in [0.3, 0.4) is 0 Å². The van der Waals surface area contributed by atoms with Crippen LogP contribution in [0, 0.1) is 5.92 Å². The molecule has 0 aliphatic carbocycles. The number of aromatic nitrogens is 3. The van der Waals surface area contributed by atoms with E-state index < -0.39 is 0 Å². The molecule has 0 saturated carbocycles. The molecule has 2 aromatic heterocycles. The van der Waals surface area contributed by atoms with Crippen LogP contribution in [-0.4, -0.2) is 52.1 Å². The van der Waals surface area contributed by atoms with Gasteiger partial charge in [-0.3, -0.25) is 9.78 Å². The molecule has 26 heavy (non-hydrogen) atoms. The summed E-state index contributed by atoms with van der Waals surface area (Å²) in [6.07, 6.45) is 6.34. The van der Waals surface area contributed by atoms with Crippen molar-refractivity contribution in [3.63, 3.8) is 0 Å². The number of piperidine rings is 1. The molecular weight excluding hydrogens is 330 g/mol. The summed E-state index contributed by atoms with van der Waals surface area (Å²) in [4.78, 5) is 23.2. The second kappa shape index (κ2) is 7.95. The van der Waals surface area contributed by atoms with E-state index in [2.05, 4.69) is 20.4 Å². The SMILES string of the molecule is O=C(CCC1CCNC1)N1CCC(c2nc(-c3ccccn3)no2)CC1. The molecule has 2 fully saturated rings. The van der Waals surface area contributed by atoms with Crippen LogP contribution in [0.2, 0.25) is 0 Å². The molecule has 7 nitrogen and oxygen atoms in total. The number of nitrogens with one attached hydrogen (secondary N) is 1. The van der Waals surface area contributed by atoms with Crippen LogP contribution in [0.1, 0.15) is 43.9 Å². The van der Waals surface area contributed by atoms with E-state index in [1.807, 2.05) is 23.1 Å². The standard InChI is InChI=1S/C19H25N5O2/c25-17(5-4-14-6-10-20-13-14)24-11-7-15(8-12-24)19-22-18(23-26-19)16-3-1-2-9-21-16/h1-3,9,14-15,20H,4-8,10-13H2. The number of hydrogen-bond acceptors (Lipinski definition) is 6. The fourth-order valence-electron chi connectivity index (χ4n) is 3.82. The van der Waals surface area contributed by atoms with Crippen molar-refractivity contribution < 1.29 is 9.32 Å². The summed E-state index contributed by atoms with van der Waals surface area (Å²) in [5.41, 5.74) is 0.719. The largest absolute Gasteiger partial charge is 0.343 e. The maximum atomic E-state index is 12.4. The number of hydrogen-bond donors (Lipinski definition) is 1. The maximum absolute atomic E-state index is 12.4. The van der Waals surface area contributed by atoms with Crippen LogP contribution >= 0.6 is 0 Å². The molecule has 0 radical (unpaired) electrons. The zero-order valence-electron chi connectivity index (χ0n) is 14.9. The molecule has 4 rings (SSSR count). The number of carbonyl (C=O) groups excluding carboxylic acids is 1. The summed E-state index contributed by atoms with van der Waals surface area (Å²) in [5, 5.41) is 7.41. The Hall–Kier alpha value is -2.28. The molecule has 138 valence electrons. The van der Waals surface area contributed by atoms with E-state index in [9.17, 15) is 4.79 Å². The third-order valence-corrected chi connectivity index (χ3v) is 5.46. The first-order valence-corrected chi connectivity index (χ1v) is 9.53. The molecule has 1 unspecified atom stereocenters. The third kappa shape index (κ3) is 3.93. The van der Waals surface area contributed by atoms with Crippen molar-refractivity contribution in [2.45, 2.75) is 38.0 Å². The highest BCUT2D eigenvalue weighted by molar-refractivity contribution is 5.76. The lowest BCUT2D eigenvalue weighted by Gasteiger charge is -2.30. The molecule has 0 spiro atoms. The molecule has 0 bridgehead atoms. The van der Waals surface area contributed by atoms with Crippen molar-refractivity contribution >= 4 is 5.91 Å². The first-order chi connectivity index (χ1) is 12.8. The average Bonchev–Trinajstić information content (AvgIpc) is 3.39. The molecule has 2 saturated heterocycles. The van der Waals surface area contributed by atoms with Gasteiger partial charge >= 0.3 is 0 Å². The maximum Gasteiger partial charge on any atom is 0.230 e. The summed E-state index contributed by atoms with van der Waals surface area (Å²) < 4.78 is 5.46. The summed E-state index contributed by atoms with van der Waals surface area (Å²) in [6, 6.07) is 5.64. The van der Waals surface area contributed by atoms with Gasteiger partial charge in [0.25, 0.3) is 0 Å². The first kappa shape index (κ1) is 17.1. The Balaban J connectivity index is 1.28. The fraction of sp³-hybridized carbons (Fsp3) is 0.579. The minimum Gasteiger partial charge on any atom is -0.343 e. The fourth-order valence-corrected chi connectivity index (χ4v) is 3.82. The van der Waals surface area contributed by atoms with Gasteiger partial charge in [-0.25, -0.2) is 0 Å². The Kier molecular flexibility index (Phi) is 5.24. The Morgan fingerprint density at radius 3 is 2.88 bits per heavy atom. The van der Waals surface area contributed by atoms with Crippen LogP contribution in [0.25, 0.3) is 11.5 Å². The Bertz CT molecular complexity index is 719. The lowest BCUT2D eigenvalue weighted by molar-refractivity contribution is -0.132. The van der Waals surface area contributed by atoms with Gasteiger partial charge in [-0.15, -0.1) is 0 Å². The number of likely N-dealkylation sites (tertiary alicyclic amines) is 1.